The van der Waals surface area contributed by atoms with Crippen LogP contribution < -0.4 is 10.1 Å². The third-order valence-electron chi connectivity index (χ3n) is 4.36. The minimum absolute atomic E-state index is 0.0691. The largest absolute Gasteiger partial charge is 0.493 e. The Hall–Kier alpha value is -3.88. The normalized spacial score (nSPS) is 12.0. The molecule has 0 aliphatic rings. The Kier molecular flexibility index (Phi) is 8.76. The maximum atomic E-state index is 12.6. The molecule has 0 fully saturated rings. The van der Waals surface area contributed by atoms with E-state index in [0.29, 0.717) is 22.6 Å². The van der Waals surface area contributed by atoms with Crippen LogP contribution in [0.3, 0.4) is 0 Å². The number of aliphatic carboxylic acids is 2. The Bertz CT molecular complexity index is 1040. The van der Waals surface area contributed by atoms with Crippen LogP contribution in [-0.4, -0.2) is 51.7 Å². The first-order valence-corrected chi connectivity index (χ1v) is 9.82. The quantitative estimate of drug-likeness (QED) is 0.266. The number of aliphatic imine (C=N–C) groups is 1. The molecule has 0 saturated carbocycles. The highest BCUT2D eigenvalue weighted by Crippen LogP contribution is 2.18. The van der Waals surface area contributed by atoms with Crippen LogP contribution in [0, 0.1) is 5.92 Å². The minimum atomic E-state index is -1.52. The lowest BCUT2D eigenvalue weighted by Crippen LogP contribution is -2.45. The highest BCUT2D eigenvalue weighted by atomic mass is 32.1. The summed E-state index contributed by atoms with van der Waals surface area (Å²) in [6.07, 6.45) is -0.730. The number of carbonyl (C=O) groups excluding carboxylic acids is 2. The molecule has 32 heavy (non-hydrogen) atoms. The van der Waals surface area contributed by atoms with Gasteiger partial charge in [-0.05, 0) is 60.7 Å². The van der Waals surface area contributed by atoms with E-state index in [2.05, 4.69) is 27.7 Å². The standard InChI is InChI=1S/C22H20N2O7S/c1-13(21(28)24-18(22(29)30)10-19(25)26)11-31-17-8-4-15(5-9-17)20(27)14-2-6-16(7-3-14)23-12-32/h2-9,13,18H,10-11H2,1H3,(H,24,28)(H,25,26)(H,29,30). The maximum Gasteiger partial charge on any atom is 0.326 e. The topological polar surface area (TPSA) is 142 Å². The molecule has 2 unspecified atom stereocenters. The molecule has 1 amide bonds. The predicted molar refractivity (Wildman–Crippen MR) is 117 cm³/mol. The monoisotopic (exact) mass is 456 g/mol. The molecule has 0 bridgehead atoms. The summed E-state index contributed by atoms with van der Waals surface area (Å²) in [6, 6.07) is 11.4. The van der Waals surface area contributed by atoms with E-state index >= 15 is 0 Å². The molecular formula is C22H20N2O7S. The fraction of sp³-hybridized carbons (Fsp3) is 0.227. The lowest BCUT2D eigenvalue weighted by Gasteiger charge is -2.17. The average Bonchev–Trinajstić information content (AvgIpc) is 2.77. The number of carbonyl (C=O) groups is 4. The predicted octanol–water partition coefficient (Wildman–Crippen LogP) is 2.71. The highest BCUT2D eigenvalue weighted by molar-refractivity contribution is 7.78. The molecule has 0 aliphatic carbocycles. The van der Waals surface area contributed by atoms with Gasteiger partial charge in [0.1, 0.15) is 11.8 Å². The van der Waals surface area contributed by atoms with Crippen molar-refractivity contribution < 1.29 is 34.1 Å². The van der Waals surface area contributed by atoms with Gasteiger partial charge in [-0.25, -0.2) is 4.79 Å². The lowest BCUT2D eigenvalue weighted by atomic mass is 10.0. The van der Waals surface area contributed by atoms with Crippen molar-refractivity contribution in [2.45, 2.75) is 19.4 Å². The number of ether oxygens (including phenoxy) is 1. The van der Waals surface area contributed by atoms with Gasteiger partial charge in [0.05, 0.1) is 29.8 Å². The molecule has 2 aromatic carbocycles. The smallest absolute Gasteiger partial charge is 0.326 e. The van der Waals surface area contributed by atoms with E-state index < -0.39 is 36.2 Å². The van der Waals surface area contributed by atoms with Crippen molar-refractivity contribution in [3.63, 3.8) is 0 Å². The Morgan fingerprint density at radius 1 is 1.03 bits per heavy atom. The third-order valence-corrected chi connectivity index (χ3v) is 4.45. The second-order valence-electron chi connectivity index (χ2n) is 6.81. The van der Waals surface area contributed by atoms with Crippen molar-refractivity contribution in [2.75, 3.05) is 6.61 Å². The molecule has 0 spiro atoms. The summed E-state index contributed by atoms with van der Waals surface area (Å²) in [5, 5.41) is 22.2. The molecule has 2 aromatic rings. The van der Waals surface area contributed by atoms with Crippen molar-refractivity contribution in [3.8, 4) is 5.75 Å². The van der Waals surface area contributed by atoms with Crippen LogP contribution in [-0.2, 0) is 14.4 Å². The van der Waals surface area contributed by atoms with Gasteiger partial charge in [-0.2, -0.15) is 4.99 Å². The van der Waals surface area contributed by atoms with Gasteiger partial charge in [0.15, 0.2) is 5.78 Å². The summed E-state index contributed by atoms with van der Waals surface area (Å²) in [6.45, 7) is 1.45. The van der Waals surface area contributed by atoms with E-state index in [1.807, 2.05) is 0 Å². The van der Waals surface area contributed by atoms with Gasteiger partial charge in [-0.3, -0.25) is 14.4 Å². The zero-order valence-corrected chi connectivity index (χ0v) is 17.8. The fourth-order valence-electron chi connectivity index (χ4n) is 2.59. The molecule has 0 radical (unpaired) electrons. The number of nitrogens with one attached hydrogen (secondary N) is 1. The Balaban J connectivity index is 1.93. The van der Waals surface area contributed by atoms with Gasteiger partial charge in [-0.1, -0.05) is 6.92 Å². The third kappa shape index (κ3) is 7.12. The van der Waals surface area contributed by atoms with Crippen LogP contribution in [0.2, 0.25) is 0 Å². The molecule has 9 nitrogen and oxygen atoms in total. The van der Waals surface area contributed by atoms with Gasteiger partial charge < -0.3 is 20.3 Å². The molecular weight excluding hydrogens is 436 g/mol. The van der Waals surface area contributed by atoms with Crippen LogP contribution >= 0.6 is 12.2 Å². The van der Waals surface area contributed by atoms with Crippen LogP contribution in [0.4, 0.5) is 5.69 Å². The molecule has 0 saturated heterocycles. The number of carboxylic acid groups (broad SMARTS) is 2. The number of rotatable bonds is 11. The van der Waals surface area contributed by atoms with Gasteiger partial charge in [-0.15, -0.1) is 0 Å². The molecule has 0 aromatic heterocycles. The van der Waals surface area contributed by atoms with E-state index in [9.17, 15) is 19.2 Å². The maximum absolute atomic E-state index is 12.6. The number of benzene rings is 2. The summed E-state index contributed by atoms with van der Waals surface area (Å²) in [5.74, 6) is -3.94. The number of ketones is 1. The molecule has 166 valence electrons. The molecule has 3 N–H and O–H groups in total. The summed E-state index contributed by atoms with van der Waals surface area (Å²) in [5.41, 5.74) is 1.50. The first-order valence-electron chi connectivity index (χ1n) is 9.41. The van der Waals surface area contributed by atoms with Gasteiger partial charge in [0.2, 0.25) is 5.91 Å². The molecule has 2 atom stereocenters. The van der Waals surface area contributed by atoms with E-state index in [4.69, 9.17) is 14.9 Å². The first kappa shape index (κ1) is 24.4. The van der Waals surface area contributed by atoms with Crippen LogP contribution in [0.5, 0.6) is 5.75 Å². The van der Waals surface area contributed by atoms with E-state index in [-0.39, 0.29) is 12.4 Å². The van der Waals surface area contributed by atoms with Gasteiger partial charge in [0.25, 0.3) is 0 Å². The summed E-state index contributed by atoms with van der Waals surface area (Å²) in [4.78, 5) is 50.3. The number of hydrogen-bond acceptors (Lipinski definition) is 7. The van der Waals surface area contributed by atoms with Crippen molar-refractivity contribution >= 4 is 46.7 Å². The number of carboxylic acids is 2. The number of thiocarbonyl (C=S) groups is 1. The van der Waals surface area contributed by atoms with Crippen LogP contribution in [0.1, 0.15) is 29.3 Å². The second-order valence-corrected chi connectivity index (χ2v) is 7.00. The first-order chi connectivity index (χ1) is 15.2. The lowest BCUT2D eigenvalue weighted by molar-refractivity contribution is -0.147. The van der Waals surface area contributed by atoms with E-state index in [1.165, 1.54) is 6.92 Å². The molecule has 10 heteroatoms. The van der Waals surface area contributed by atoms with Crippen molar-refractivity contribution in [3.05, 3.63) is 59.7 Å². The van der Waals surface area contributed by atoms with Crippen LogP contribution in [0.15, 0.2) is 53.5 Å². The summed E-state index contributed by atoms with van der Waals surface area (Å²) < 4.78 is 5.53. The Morgan fingerprint density at radius 2 is 1.59 bits per heavy atom. The van der Waals surface area contributed by atoms with Gasteiger partial charge >= 0.3 is 11.9 Å². The van der Waals surface area contributed by atoms with Crippen LogP contribution in [0.25, 0.3) is 0 Å². The van der Waals surface area contributed by atoms with Gasteiger partial charge in [0, 0.05) is 11.1 Å². The average molecular weight is 456 g/mol. The number of amides is 1. The van der Waals surface area contributed by atoms with E-state index in [0.717, 1.165) is 0 Å². The number of isothiocyanates is 1. The minimum Gasteiger partial charge on any atom is -0.493 e. The summed E-state index contributed by atoms with van der Waals surface area (Å²) >= 11 is 4.54. The van der Waals surface area contributed by atoms with Crippen molar-refractivity contribution in [2.24, 2.45) is 10.9 Å². The number of nitrogens with zero attached hydrogens (tertiary/aromatic N) is 1. The summed E-state index contributed by atoms with van der Waals surface area (Å²) in [7, 11) is 0. The zero-order valence-electron chi connectivity index (χ0n) is 17.0. The molecule has 0 heterocycles. The fourth-order valence-corrected chi connectivity index (χ4v) is 2.70. The molecule has 0 aliphatic heterocycles. The second kappa shape index (κ2) is 11.5. The number of hydrogen-bond donors (Lipinski definition) is 3. The van der Waals surface area contributed by atoms with Crippen molar-refractivity contribution in [1.29, 1.82) is 0 Å². The highest BCUT2D eigenvalue weighted by Gasteiger charge is 2.25. The zero-order chi connectivity index (χ0) is 23.7. The van der Waals surface area contributed by atoms with E-state index in [1.54, 1.807) is 48.5 Å². The Labute approximate surface area is 188 Å². The SMILES string of the molecule is CC(COc1ccc(C(=O)c2ccc(N=C=S)cc2)cc1)C(=O)NC(CC(=O)O)C(=O)O. The Morgan fingerprint density at radius 3 is 2.09 bits per heavy atom. The molecule has 2 rings (SSSR count). The van der Waals surface area contributed by atoms with Crippen molar-refractivity contribution in [1.82, 2.24) is 5.32 Å².